The highest BCUT2D eigenvalue weighted by atomic mass is 32.1. The van der Waals surface area contributed by atoms with Crippen LogP contribution in [-0.2, 0) is 13.2 Å². The molecule has 0 aliphatic carbocycles. The van der Waals surface area contributed by atoms with E-state index in [0.29, 0.717) is 6.61 Å². The molecule has 0 aliphatic heterocycles. The first-order valence-corrected chi connectivity index (χ1v) is 6.37. The summed E-state index contributed by atoms with van der Waals surface area (Å²) in [4.78, 5) is 5.23. The molecule has 0 spiro atoms. The molecule has 2 aromatic rings. The van der Waals surface area contributed by atoms with Gasteiger partial charge in [-0.1, -0.05) is 6.07 Å². The quantitative estimate of drug-likeness (QED) is 0.902. The van der Waals surface area contributed by atoms with Crippen molar-refractivity contribution in [3.8, 4) is 11.5 Å². The summed E-state index contributed by atoms with van der Waals surface area (Å²) in [6, 6.07) is 7.44. The molecule has 0 amide bonds. The first-order valence-electron chi connectivity index (χ1n) is 5.56. The number of rotatable bonds is 5. The van der Waals surface area contributed by atoms with E-state index in [1.54, 1.807) is 7.11 Å². The Hall–Kier alpha value is -1.59. The van der Waals surface area contributed by atoms with Crippen molar-refractivity contribution in [1.29, 1.82) is 0 Å². The van der Waals surface area contributed by atoms with E-state index in [0.717, 1.165) is 27.1 Å². The summed E-state index contributed by atoms with van der Waals surface area (Å²) in [6.45, 7) is 2.32. The molecule has 5 heteroatoms. The number of aliphatic hydroxyl groups excluding tert-OH is 1. The Morgan fingerprint density at radius 2 is 2.11 bits per heavy atom. The maximum Gasteiger partial charge on any atom is 0.140 e. The summed E-state index contributed by atoms with van der Waals surface area (Å²) in [6.07, 6.45) is 0. The molecule has 2 rings (SSSR count). The lowest BCUT2D eigenvalue weighted by molar-refractivity contribution is 0.284. The third-order valence-electron chi connectivity index (χ3n) is 2.48. The molecular weight excluding hydrogens is 250 g/mol. The third-order valence-corrected chi connectivity index (χ3v) is 3.60. The second-order valence-electron chi connectivity index (χ2n) is 3.74. The molecule has 0 radical (unpaired) electrons. The van der Waals surface area contributed by atoms with E-state index in [1.165, 1.54) is 11.3 Å². The molecule has 1 N–H and O–H groups in total. The molecule has 0 saturated carbocycles. The van der Waals surface area contributed by atoms with Crippen molar-refractivity contribution in [3.05, 3.63) is 39.8 Å². The minimum absolute atomic E-state index is 0.0304. The molecule has 18 heavy (non-hydrogen) atoms. The predicted octanol–water partition coefficient (Wildman–Crippen LogP) is 2.53. The van der Waals surface area contributed by atoms with Crippen LogP contribution in [-0.4, -0.2) is 17.2 Å². The highest BCUT2D eigenvalue weighted by Gasteiger charge is 2.07. The van der Waals surface area contributed by atoms with E-state index >= 15 is 0 Å². The molecule has 96 valence electrons. The van der Waals surface area contributed by atoms with Gasteiger partial charge in [0.2, 0.25) is 0 Å². The van der Waals surface area contributed by atoms with Gasteiger partial charge in [0, 0.05) is 6.07 Å². The third kappa shape index (κ3) is 3.00. The first-order chi connectivity index (χ1) is 8.72. The SMILES string of the molecule is COc1cccc(OCc2nc(C)c(CO)s2)c1. The number of thiazole rings is 1. The first kappa shape index (κ1) is 12.9. The Morgan fingerprint density at radius 1 is 1.33 bits per heavy atom. The van der Waals surface area contributed by atoms with Crippen molar-refractivity contribution in [3.63, 3.8) is 0 Å². The van der Waals surface area contributed by atoms with Gasteiger partial charge in [0.25, 0.3) is 0 Å². The number of aryl methyl sites for hydroxylation is 1. The monoisotopic (exact) mass is 265 g/mol. The Balaban J connectivity index is 2.01. The zero-order valence-corrected chi connectivity index (χ0v) is 11.2. The summed E-state index contributed by atoms with van der Waals surface area (Å²) in [5, 5.41) is 9.96. The highest BCUT2D eigenvalue weighted by Crippen LogP contribution is 2.22. The second-order valence-corrected chi connectivity index (χ2v) is 4.91. The van der Waals surface area contributed by atoms with Gasteiger partial charge in [-0.3, -0.25) is 0 Å². The maximum atomic E-state index is 9.10. The number of methoxy groups -OCH3 is 1. The fourth-order valence-electron chi connectivity index (χ4n) is 1.53. The lowest BCUT2D eigenvalue weighted by Crippen LogP contribution is -1.95. The number of aliphatic hydroxyl groups is 1. The average Bonchev–Trinajstić information content (AvgIpc) is 2.77. The molecule has 0 fully saturated rings. The smallest absolute Gasteiger partial charge is 0.140 e. The minimum atomic E-state index is 0.0304. The fraction of sp³-hybridized carbons (Fsp3) is 0.308. The summed E-state index contributed by atoms with van der Waals surface area (Å²) in [5.41, 5.74) is 0.867. The van der Waals surface area contributed by atoms with Gasteiger partial charge >= 0.3 is 0 Å². The van der Waals surface area contributed by atoms with Gasteiger partial charge in [-0.05, 0) is 19.1 Å². The lowest BCUT2D eigenvalue weighted by Gasteiger charge is -2.05. The van der Waals surface area contributed by atoms with E-state index in [-0.39, 0.29) is 6.61 Å². The Morgan fingerprint density at radius 3 is 2.78 bits per heavy atom. The van der Waals surface area contributed by atoms with E-state index in [9.17, 15) is 0 Å². The van der Waals surface area contributed by atoms with Crippen LogP contribution in [0.4, 0.5) is 0 Å². The van der Waals surface area contributed by atoms with Gasteiger partial charge in [0.1, 0.15) is 23.1 Å². The molecule has 4 nitrogen and oxygen atoms in total. The van der Waals surface area contributed by atoms with Crippen molar-refractivity contribution in [2.45, 2.75) is 20.1 Å². The second kappa shape index (κ2) is 5.84. The molecule has 1 aromatic carbocycles. The van der Waals surface area contributed by atoms with Crippen molar-refractivity contribution in [2.24, 2.45) is 0 Å². The van der Waals surface area contributed by atoms with Gasteiger partial charge in [-0.25, -0.2) is 4.98 Å². The van der Waals surface area contributed by atoms with Crippen LogP contribution in [0.1, 0.15) is 15.6 Å². The zero-order valence-electron chi connectivity index (χ0n) is 10.3. The summed E-state index contributed by atoms with van der Waals surface area (Å²) < 4.78 is 10.8. The van der Waals surface area contributed by atoms with Crippen molar-refractivity contribution in [1.82, 2.24) is 4.98 Å². The van der Waals surface area contributed by atoms with Gasteiger partial charge in [-0.15, -0.1) is 11.3 Å². The fourth-order valence-corrected chi connectivity index (χ4v) is 2.38. The van der Waals surface area contributed by atoms with Crippen LogP contribution >= 0.6 is 11.3 Å². The Bertz CT molecular complexity index is 525. The Labute approximate surface area is 110 Å². The zero-order chi connectivity index (χ0) is 13.0. The highest BCUT2D eigenvalue weighted by molar-refractivity contribution is 7.11. The minimum Gasteiger partial charge on any atom is -0.497 e. The van der Waals surface area contributed by atoms with Crippen molar-refractivity contribution >= 4 is 11.3 Å². The number of hydrogen-bond donors (Lipinski definition) is 1. The van der Waals surface area contributed by atoms with Crippen LogP contribution < -0.4 is 9.47 Å². The summed E-state index contributed by atoms with van der Waals surface area (Å²) in [5.74, 6) is 1.51. The number of benzene rings is 1. The van der Waals surface area contributed by atoms with Crippen molar-refractivity contribution < 1.29 is 14.6 Å². The van der Waals surface area contributed by atoms with E-state index in [2.05, 4.69) is 4.98 Å². The van der Waals surface area contributed by atoms with Crippen LogP contribution in [0.2, 0.25) is 0 Å². The molecule has 0 saturated heterocycles. The number of ether oxygens (including phenoxy) is 2. The molecule has 0 bridgehead atoms. The van der Waals surface area contributed by atoms with Gasteiger partial charge in [0.15, 0.2) is 0 Å². The molecule has 1 heterocycles. The van der Waals surface area contributed by atoms with Crippen LogP contribution in [0.5, 0.6) is 11.5 Å². The molecular formula is C13H15NO3S. The predicted molar refractivity (Wildman–Crippen MR) is 70.1 cm³/mol. The van der Waals surface area contributed by atoms with Gasteiger partial charge in [-0.2, -0.15) is 0 Å². The lowest BCUT2D eigenvalue weighted by atomic mass is 10.3. The standard InChI is InChI=1S/C13H15NO3S/c1-9-12(7-15)18-13(14-9)8-17-11-5-3-4-10(6-11)16-2/h3-6,15H,7-8H2,1-2H3. The molecule has 1 aromatic heterocycles. The van der Waals surface area contributed by atoms with E-state index < -0.39 is 0 Å². The molecule has 0 aliphatic rings. The van der Waals surface area contributed by atoms with E-state index in [1.807, 2.05) is 31.2 Å². The molecule has 0 atom stereocenters. The van der Waals surface area contributed by atoms with Crippen LogP contribution in [0.15, 0.2) is 24.3 Å². The Kier molecular flexibility index (Phi) is 4.17. The number of hydrogen-bond acceptors (Lipinski definition) is 5. The average molecular weight is 265 g/mol. The normalized spacial score (nSPS) is 10.4. The van der Waals surface area contributed by atoms with Gasteiger partial charge in [0.05, 0.1) is 24.3 Å². The largest absolute Gasteiger partial charge is 0.497 e. The van der Waals surface area contributed by atoms with Gasteiger partial charge < -0.3 is 14.6 Å². The number of aromatic nitrogens is 1. The number of nitrogens with zero attached hydrogens (tertiary/aromatic N) is 1. The summed E-state index contributed by atoms with van der Waals surface area (Å²) in [7, 11) is 1.62. The van der Waals surface area contributed by atoms with Crippen LogP contribution in [0.25, 0.3) is 0 Å². The van der Waals surface area contributed by atoms with Crippen LogP contribution in [0.3, 0.4) is 0 Å². The molecule has 0 unspecified atom stereocenters. The van der Waals surface area contributed by atoms with Crippen molar-refractivity contribution in [2.75, 3.05) is 7.11 Å². The topological polar surface area (TPSA) is 51.6 Å². The van der Waals surface area contributed by atoms with E-state index in [4.69, 9.17) is 14.6 Å². The maximum absolute atomic E-state index is 9.10. The van der Waals surface area contributed by atoms with Crippen LogP contribution in [0, 0.1) is 6.92 Å². The summed E-state index contributed by atoms with van der Waals surface area (Å²) >= 11 is 1.47.